The number of piperidine rings is 1. The van der Waals surface area contributed by atoms with Crippen molar-refractivity contribution in [2.75, 3.05) is 19.0 Å². The minimum atomic E-state index is -1.47. The molecule has 1 aliphatic rings. The van der Waals surface area contributed by atoms with Crippen LogP contribution in [0.4, 0.5) is 5.69 Å². The van der Waals surface area contributed by atoms with E-state index in [1.54, 1.807) is 31.4 Å². The molecule has 0 aliphatic carbocycles. The highest BCUT2D eigenvalue weighted by Crippen LogP contribution is 2.30. The van der Waals surface area contributed by atoms with Gasteiger partial charge in [-0.2, -0.15) is 0 Å². The molecule has 2 atom stereocenters. The molecule has 8 heteroatoms. The van der Waals surface area contributed by atoms with Gasteiger partial charge in [-0.25, -0.2) is 0 Å². The lowest BCUT2D eigenvalue weighted by Crippen LogP contribution is -2.47. The Labute approximate surface area is 196 Å². The standard InChI is InChI=1S/C25H33N3O4Si/c1-5-33(3,4)21-12-8-19(9-13-21)27-25(31)23(17-6-10-20(32-2)11-7-17)28-15-14-18(24(26)30)16-22(28)29/h6-13,18,23H,5,14-16H2,1-4H3,(H2,26,30)(H,27,31). The SMILES string of the molecule is CC[Si](C)(C)c1ccc(NC(=O)C(c2ccc(OC)cc2)N2CCC(C(N)=O)CC2=O)cc1. The van der Waals surface area contributed by atoms with Gasteiger partial charge in [-0.05, 0) is 36.2 Å². The molecule has 0 aromatic heterocycles. The monoisotopic (exact) mass is 467 g/mol. The molecule has 0 saturated carbocycles. The van der Waals surface area contributed by atoms with E-state index in [1.807, 2.05) is 12.1 Å². The van der Waals surface area contributed by atoms with Gasteiger partial charge in [-0.15, -0.1) is 0 Å². The summed E-state index contributed by atoms with van der Waals surface area (Å²) in [5.41, 5.74) is 6.77. The number of hydrogen-bond acceptors (Lipinski definition) is 4. The smallest absolute Gasteiger partial charge is 0.251 e. The van der Waals surface area contributed by atoms with E-state index >= 15 is 0 Å². The molecule has 1 aliphatic heterocycles. The number of carbonyl (C=O) groups excluding carboxylic acids is 3. The minimum absolute atomic E-state index is 0.0146. The number of nitrogens with two attached hydrogens (primary N) is 1. The second-order valence-corrected chi connectivity index (χ2v) is 14.2. The third-order valence-corrected chi connectivity index (χ3v) is 10.3. The van der Waals surface area contributed by atoms with Gasteiger partial charge in [-0.3, -0.25) is 14.4 Å². The van der Waals surface area contributed by atoms with Crippen LogP contribution in [0.3, 0.4) is 0 Å². The zero-order valence-electron chi connectivity index (χ0n) is 19.8. The molecule has 7 nitrogen and oxygen atoms in total. The van der Waals surface area contributed by atoms with Crippen molar-refractivity contribution in [3.05, 3.63) is 54.1 Å². The van der Waals surface area contributed by atoms with Gasteiger partial charge in [0, 0.05) is 24.6 Å². The molecule has 1 heterocycles. The normalized spacial score (nSPS) is 17.4. The molecule has 2 unspecified atom stereocenters. The van der Waals surface area contributed by atoms with Crippen LogP contribution in [-0.2, 0) is 14.4 Å². The van der Waals surface area contributed by atoms with Crippen LogP contribution in [-0.4, -0.2) is 44.3 Å². The quantitative estimate of drug-likeness (QED) is 0.583. The maximum atomic E-state index is 13.4. The van der Waals surface area contributed by atoms with E-state index in [0.29, 0.717) is 23.4 Å². The fourth-order valence-corrected chi connectivity index (χ4v) is 5.52. The summed E-state index contributed by atoms with van der Waals surface area (Å²) in [5.74, 6) is -0.869. The van der Waals surface area contributed by atoms with Crippen molar-refractivity contribution in [2.45, 2.75) is 44.9 Å². The molecule has 1 saturated heterocycles. The molecule has 3 rings (SSSR count). The summed E-state index contributed by atoms with van der Waals surface area (Å²) >= 11 is 0. The molecule has 0 spiro atoms. The van der Waals surface area contributed by atoms with E-state index in [4.69, 9.17) is 10.5 Å². The number of rotatable bonds is 8. The summed E-state index contributed by atoms with van der Waals surface area (Å²) in [6, 6.07) is 15.4. The van der Waals surface area contributed by atoms with Gasteiger partial charge in [0.2, 0.25) is 11.8 Å². The third kappa shape index (κ3) is 5.62. The Morgan fingerprint density at radius 3 is 2.30 bits per heavy atom. The number of hydrogen-bond donors (Lipinski definition) is 2. The lowest BCUT2D eigenvalue weighted by Gasteiger charge is -2.36. The summed E-state index contributed by atoms with van der Waals surface area (Å²) in [5, 5.41) is 4.31. The van der Waals surface area contributed by atoms with Crippen LogP contribution in [0.15, 0.2) is 48.5 Å². The third-order valence-electron chi connectivity index (χ3n) is 6.67. The molecule has 3 N–H and O–H groups in total. The van der Waals surface area contributed by atoms with Crippen LogP contribution in [0, 0.1) is 5.92 Å². The Balaban J connectivity index is 1.86. The van der Waals surface area contributed by atoms with Gasteiger partial charge in [0.05, 0.1) is 15.2 Å². The number of likely N-dealkylation sites (tertiary alicyclic amines) is 1. The first-order valence-electron chi connectivity index (χ1n) is 11.3. The first-order chi connectivity index (χ1) is 15.7. The molecule has 2 aromatic carbocycles. The molecule has 176 valence electrons. The molecule has 1 fully saturated rings. The molecule has 0 radical (unpaired) electrons. The zero-order valence-corrected chi connectivity index (χ0v) is 20.8. The Bertz CT molecular complexity index is 1010. The number of primary amides is 1. The zero-order chi connectivity index (χ0) is 24.2. The predicted octanol–water partition coefficient (Wildman–Crippen LogP) is 3.03. The highest BCUT2D eigenvalue weighted by Gasteiger charge is 2.37. The average Bonchev–Trinajstić information content (AvgIpc) is 2.81. The van der Waals surface area contributed by atoms with Crippen LogP contribution in [0.25, 0.3) is 0 Å². The van der Waals surface area contributed by atoms with Crippen molar-refractivity contribution in [2.24, 2.45) is 11.7 Å². The number of anilines is 1. The number of methoxy groups -OCH3 is 1. The lowest BCUT2D eigenvalue weighted by molar-refractivity contribution is -0.145. The highest BCUT2D eigenvalue weighted by atomic mass is 28.3. The van der Waals surface area contributed by atoms with Crippen molar-refractivity contribution in [1.29, 1.82) is 0 Å². The predicted molar refractivity (Wildman–Crippen MR) is 132 cm³/mol. The fraction of sp³-hybridized carbons (Fsp3) is 0.400. The van der Waals surface area contributed by atoms with Gasteiger partial charge in [0.1, 0.15) is 11.8 Å². The number of ether oxygens (including phenoxy) is 1. The lowest BCUT2D eigenvalue weighted by atomic mass is 9.92. The van der Waals surface area contributed by atoms with Gasteiger partial charge < -0.3 is 20.7 Å². The van der Waals surface area contributed by atoms with Gasteiger partial charge >= 0.3 is 0 Å². The van der Waals surface area contributed by atoms with Crippen molar-refractivity contribution in [1.82, 2.24) is 4.90 Å². The average molecular weight is 468 g/mol. The maximum Gasteiger partial charge on any atom is 0.251 e. The number of benzene rings is 2. The first kappa shape index (κ1) is 24.5. The summed E-state index contributed by atoms with van der Waals surface area (Å²) in [6.07, 6.45) is 0.452. The number of nitrogens with one attached hydrogen (secondary N) is 1. The molecular weight excluding hydrogens is 434 g/mol. The van der Waals surface area contributed by atoms with Crippen LogP contribution >= 0.6 is 0 Å². The summed E-state index contributed by atoms with van der Waals surface area (Å²) in [4.78, 5) is 39.5. The Morgan fingerprint density at radius 2 is 1.79 bits per heavy atom. The molecule has 2 aromatic rings. The Morgan fingerprint density at radius 1 is 1.15 bits per heavy atom. The number of carbonyl (C=O) groups is 3. The maximum absolute atomic E-state index is 13.4. The van der Waals surface area contributed by atoms with Crippen molar-refractivity contribution in [3.63, 3.8) is 0 Å². The topological polar surface area (TPSA) is 102 Å². The van der Waals surface area contributed by atoms with E-state index < -0.39 is 25.9 Å². The largest absolute Gasteiger partial charge is 0.497 e. The summed E-state index contributed by atoms with van der Waals surface area (Å²) < 4.78 is 5.23. The second-order valence-electron chi connectivity index (χ2n) is 9.16. The van der Waals surface area contributed by atoms with Gasteiger partial charge in [0.25, 0.3) is 5.91 Å². The van der Waals surface area contributed by atoms with Crippen LogP contribution in [0.1, 0.15) is 31.4 Å². The van der Waals surface area contributed by atoms with Crippen LogP contribution < -0.4 is 21.0 Å². The first-order valence-corrected chi connectivity index (χ1v) is 14.5. The highest BCUT2D eigenvalue weighted by molar-refractivity contribution is 6.89. The van der Waals surface area contributed by atoms with Crippen LogP contribution in [0.5, 0.6) is 5.75 Å². The van der Waals surface area contributed by atoms with E-state index in [1.165, 1.54) is 10.1 Å². The Hall–Kier alpha value is -3.13. The van der Waals surface area contributed by atoms with E-state index in [-0.39, 0.29) is 24.8 Å². The fourth-order valence-electron chi connectivity index (χ4n) is 4.04. The molecular formula is C25H33N3O4Si. The second kappa shape index (κ2) is 10.2. The van der Waals surface area contributed by atoms with E-state index in [0.717, 1.165) is 6.04 Å². The molecule has 3 amide bonds. The van der Waals surface area contributed by atoms with Crippen molar-refractivity contribution >= 4 is 36.7 Å². The summed E-state index contributed by atoms with van der Waals surface area (Å²) in [7, 11) is 0.106. The number of nitrogens with zero attached hydrogens (tertiary/aromatic N) is 1. The molecule has 0 bridgehead atoms. The Kier molecular flexibility index (Phi) is 7.58. The minimum Gasteiger partial charge on any atom is -0.497 e. The molecule has 33 heavy (non-hydrogen) atoms. The van der Waals surface area contributed by atoms with Gasteiger partial charge in [-0.1, -0.05) is 55.5 Å². The van der Waals surface area contributed by atoms with Crippen molar-refractivity contribution in [3.8, 4) is 5.75 Å². The summed E-state index contributed by atoms with van der Waals surface area (Å²) in [6.45, 7) is 7.13. The number of amides is 3. The van der Waals surface area contributed by atoms with Crippen molar-refractivity contribution < 1.29 is 19.1 Å². The van der Waals surface area contributed by atoms with E-state index in [9.17, 15) is 14.4 Å². The van der Waals surface area contributed by atoms with E-state index in [2.05, 4.69) is 37.5 Å². The van der Waals surface area contributed by atoms with Gasteiger partial charge in [0.15, 0.2) is 0 Å². The van der Waals surface area contributed by atoms with Crippen LogP contribution in [0.2, 0.25) is 19.1 Å².